The van der Waals surface area contributed by atoms with E-state index < -0.39 is 0 Å². The van der Waals surface area contributed by atoms with Gasteiger partial charge in [0, 0.05) is 32.3 Å². The van der Waals surface area contributed by atoms with Gasteiger partial charge in [0.1, 0.15) is 0 Å². The number of hydrogen-bond donors (Lipinski definition) is 5. The Bertz CT molecular complexity index is 567. The van der Waals surface area contributed by atoms with Gasteiger partial charge in [-0.3, -0.25) is 20.4 Å². The van der Waals surface area contributed by atoms with E-state index in [-0.39, 0.29) is 36.9 Å². The van der Waals surface area contributed by atoms with Crippen molar-refractivity contribution >= 4 is 5.91 Å². The Morgan fingerprint density at radius 1 is 1.28 bits per heavy atom. The molecule has 2 saturated heterocycles. The Morgan fingerprint density at radius 2 is 2.10 bits per heavy atom. The summed E-state index contributed by atoms with van der Waals surface area (Å²) >= 11 is 0. The number of fused-ring (bicyclic) bond motifs is 1. The van der Waals surface area contributed by atoms with Gasteiger partial charge in [-0.1, -0.05) is 0 Å². The predicted octanol–water partition coefficient (Wildman–Crippen LogP) is -0.462. The molecule has 4 aliphatic rings. The van der Waals surface area contributed by atoms with Crippen LogP contribution in [0.4, 0.5) is 0 Å². The standard InChI is InChI=1S/C20H37N5O4/c1-12-16(10-25(23-12)7-8-26)20(27)21-17-6-4-13-9-14(3-5-15(13)17)19-22-18(11-28-2)29-24-19/h12-19,22-24,26H,3-11H2,1-2H3,(H,21,27)/t12?,13?,14?,15?,16?,17-,18?,19?/m1/s1. The van der Waals surface area contributed by atoms with Crippen LogP contribution >= 0.6 is 0 Å². The number of ether oxygens (including phenoxy) is 1. The van der Waals surface area contributed by atoms with E-state index in [2.05, 4.69) is 21.5 Å². The second kappa shape index (κ2) is 9.55. The number of nitrogens with one attached hydrogen (secondary N) is 4. The van der Waals surface area contributed by atoms with Crippen molar-refractivity contribution in [1.82, 2.24) is 26.5 Å². The van der Waals surface area contributed by atoms with Crippen LogP contribution in [-0.4, -0.2) is 73.9 Å². The van der Waals surface area contributed by atoms with Gasteiger partial charge in [-0.15, -0.1) is 0 Å². The van der Waals surface area contributed by atoms with Crippen molar-refractivity contribution in [2.24, 2.45) is 23.7 Å². The zero-order valence-electron chi connectivity index (χ0n) is 17.6. The number of hydroxylamine groups is 1. The Hall–Kier alpha value is -0.810. The maximum Gasteiger partial charge on any atom is 0.226 e. The van der Waals surface area contributed by atoms with Crippen LogP contribution in [0.2, 0.25) is 0 Å². The van der Waals surface area contributed by atoms with Gasteiger partial charge < -0.3 is 15.2 Å². The van der Waals surface area contributed by atoms with Crippen molar-refractivity contribution in [2.75, 3.05) is 33.4 Å². The summed E-state index contributed by atoms with van der Waals surface area (Å²) in [7, 11) is 1.68. The molecule has 0 aromatic rings. The van der Waals surface area contributed by atoms with Crippen molar-refractivity contribution in [2.45, 2.75) is 63.5 Å². The number of nitrogens with zero attached hydrogens (tertiary/aromatic N) is 1. The van der Waals surface area contributed by atoms with Crippen LogP contribution < -0.4 is 21.5 Å². The van der Waals surface area contributed by atoms with Crippen molar-refractivity contribution in [3.63, 3.8) is 0 Å². The summed E-state index contributed by atoms with van der Waals surface area (Å²) in [5, 5.41) is 18.0. The molecule has 7 unspecified atom stereocenters. The summed E-state index contributed by atoms with van der Waals surface area (Å²) in [6, 6.07) is 0.406. The number of hydrazine groups is 1. The lowest BCUT2D eigenvalue weighted by Crippen LogP contribution is -2.47. The number of hydrogen-bond acceptors (Lipinski definition) is 8. The summed E-state index contributed by atoms with van der Waals surface area (Å²) in [4.78, 5) is 18.5. The lowest BCUT2D eigenvalue weighted by Gasteiger charge is -2.37. The number of methoxy groups -OCH3 is 1. The first kappa shape index (κ1) is 21.4. The molecule has 29 heavy (non-hydrogen) atoms. The van der Waals surface area contributed by atoms with Crippen molar-refractivity contribution in [3.8, 4) is 0 Å². The molecule has 2 aliphatic heterocycles. The van der Waals surface area contributed by atoms with Gasteiger partial charge in [0.15, 0.2) is 6.23 Å². The Labute approximate surface area is 173 Å². The first-order chi connectivity index (χ1) is 14.1. The first-order valence-corrected chi connectivity index (χ1v) is 11.2. The van der Waals surface area contributed by atoms with Gasteiger partial charge in [-0.2, -0.15) is 5.48 Å². The van der Waals surface area contributed by atoms with E-state index in [9.17, 15) is 4.79 Å². The third kappa shape index (κ3) is 4.76. The number of carbonyl (C=O) groups excluding carboxylic acids is 1. The SMILES string of the molecule is COCC1NC(C2CCC3C(CC[C@H]3NC(=O)C3CN(CCO)NC3C)C2)NO1. The molecule has 4 fully saturated rings. The van der Waals surface area contributed by atoms with Crippen LogP contribution in [0, 0.1) is 23.7 Å². The van der Waals surface area contributed by atoms with Crippen molar-refractivity contribution < 1.29 is 19.5 Å². The normalized spacial score (nSPS) is 42.9. The fourth-order valence-corrected chi connectivity index (χ4v) is 5.87. The van der Waals surface area contributed by atoms with Crippen LogP contribution in [-0.2, 0) is 14.4 Å². The highest BCUT2D eigenvalue weighted by molar-refractivity contribution is 5.80. The summed E-state index contributed by atoms with van der Waals surface area (Å²) in [6.45, 7) is 3.91. The second-order valence-electron chi connectivity index (χ2n) is 9.21. The predicted molar refractivity (Wildman–Crippen MR) is 107 cm³/mol. The molecule has 0 radical (unpaired) electrons. The number of rotatable bonds is 7. The Balaban J connectivity index is 1.26. The maximum absolute atomic E-state index is 12.9. The second-order valence-corrected chi connectivity index (χ2v) is 9.21. The van der Waals surface area contributed by atoms with Gasteiger partial charge in [-0.25, -0.2) is 5.01 Å². The fraction of sp³-hybridized carbons (Fsp3) is 0.950. The minimum absolute atomic E-state index is 0.0568. The molecular formula is C20H37N5O4. The average molecular weight is 412 g/mol. The average Bonchev–Trinajstić information content (AvgIpc) is 3.41. The monoisotopic (exact) mass is 411 g/mol. The number of aliphatic hydroxyl groups excluding tert-OH is 1. The molecule has 2 heterocycles. The van der Waals surface area contributed by atoms with E-state index in [4.69, 9.17) is 14.7 Å². The lowest BCUT2D eigenvalue weighted by atomic mass is 9.73. The zero-order chi connectivity index (χ0) is 20.4. The number of β-amino-alcohol motifs (C(OH)–C–C–N with tert-alkyl or cyclic N) is 1. The highest BCUT2D eigenvalue weighted by atomic mass is 16.7. The van der Waals surface area contributed by atoms with Crippen LogP contribution in [0.1, 0.15) is 39.0 Å². The third-order valence-corrected chi connectivity index (χ3v) is 7.38. The molecule has 0 aromatic carbocycles. The van der Waals surface area contributed by atoms with Gasteiger partial charge in [0.25, 0.3) is 0 Å². The summed E-state index contributed by atoms with van der Waals surface area (Å²) < 4.78 is 5.16. The number of amides is 1. The highest BCUT2D eigenvalue weighted by Gasteiger charge is 2.45. The van der Waals surface area contributed by atoms with E-state index in [1.165, 1.54) is 12.8 Å². The number of carbonyl (C=O) groups is 1. The minimum atomic E-state index is -0.0780. The number of aliphatic hydroxyl groups is 1. The quantitative estimate of drug-likeness (QED) is 0.383. The van der Waals surface area contributed by atoms with Gasteiger partial charge >= 0.3 is 0 Å². The Morgan fingerprint density at radius 3 is 2.90 bits per heavy atom. The van der Waals surface area contributed by atoms with Crippen molar-refractivity contribution in [3.05, 3.63) is 0 Å². The molecule has 0 bridgehead atoms. The van der Waals surface area contributed by atoms with Crippen LogP contribution in [0.15, 0.2) is 0 Å². The van der Waals surface area contributed by atoms with E-state index in [1.54, 1.807) is 7.11 Å². The third-order valence-electron chi connectivity index (χ3n) is 7.38. The molecule has 2 aliphatic carbocycles. The van der Waals surface area contributed by atoms with Crippen LogP contribution in [0.5, 0.6) is 0 Å². The Kier molecular flexibility index (Phi) is 7.06. The van der Waals surface area contributed by atoms with Gasteiger partial charge in [0.2, 0.25) is 5.91 Å². The van der Waals surface area contributed by atoms with E-state index in [1.807, 2.05) is 11.9 Å². The highest BCUT2D eigenvalue weighted by Crippen LogP contribution is 2.45. The van der Waals surface area contributed by atoms with Gasteiger partial charge in [-0.05, 0) is 56.8 Å². The lowest BCUT2D eigenvalue weighted by molar-refractivity contribution is -0.126. The largest absolute Gasteiger partial charge is 0.395 e. The molecule has 1 amide bonds. The maximum atomic E-state index is 12.9. The molecule has 2 saturated carbocycles. The topological polar surface area (TPSA) is 107 Å². The molecule has 9 nitrogen and oxygen atoms in total. The summed E-state index contributed by atoms with van der Waals surface area (Å²) in [6.07, 6.45) is 5.86. The first-order valence-electron chi connectivity index (χ1n) is 11.2. The summed E-state index contributed by atoms with van der Waals surface area (Å²) in [5.41, 5.74) is 6.45. The minimum Gasteiger partial charge on any atom is -0.395 e. The summed E-state index contributed by atoms with van der Waals surface area (Å²) in [5.74, 6) is 1.92. The molecule has 8 atom stereocenters. The van der Waals surface area contributed by atoms with Gasteiger partial charge in [0.05, 0.1) is 25.3 Å². The van der Waals surface area contributed by atoms with E-state index >= 15 is 0 Å². The fourth-order valence-electron chi connectivity index (χ4n) is 5.87. The smallest absolute Gasteiger partial charge is 0.226 e. The molecule has 0 aromatic heterocycles. The molecule has 166 valence electrons. The molecule has 4 rings (SSSR count). The molecule has 5 N–H and O–H groups in total. The van der Waals surface area contributed by atoms with Crippen molar-refractivity contribution in [1.29, 1.82) is 0 Å². The molecule has 0 spiro atoms. The zero-order valence-corrected chi connectivity index (χ0v) is 17.6. The van der Waals surface area contributed by atoms with Crippen LogP contribution in [0.3, 0.4) is 0 Å². The molecular weight excluding hydrogens is 374 g/mol. The molecule has 9 heteroatoms. The van der Waals surface area contributed by atoms with E-state index in [0.29, 0.717) is 43.5 Å². The van der Waals surface area contributed by atoms with E-state index in [0.717, 1.165) is 19.3 Å². The van der Waals surface area contributed by atoms with Crippen LogP contribution in [0.25, 0.3) is 0 Å².